The summed E-state index contributed by atoms with van der Waals surface area (Å²) in [5.41, 5.74) is 0. The highest BCUT2D eigenvalue weighted by molar-refractivity contribution is 5.76. The van der Waals surface area contributed by atoms with Crippen LogP contribution in [0.25, 0.3) is 0 Å². The molecule has 19 heteroatoms. The van der Waals surface area contributed by atoms with Gasteiger partial charge in [-0.15, -0.1) is 0 Å². The summed E-state index contributed by atoms with van der Waals surface area (Å²) >= 11 is 0. The predicted molar refractivity (Wildman–Crippen MR) is 392 cm³/mol. The lowest BCUT2D eigenvalue weighted by Gasteiger charge is -2.48. The standard InChI is InChI=1S/C80H141NO18/c1-3-5-7-9-11-13-15-17-19-21-23-25-26-27-28-29-30-31-32-33-34-35-36-38-40-42-44-46-48-50-52-54-56-58-68(86)81-63(64(85)57-55-53-51-49-47-45-43-41-39-37-24-22-20-18-16-14-12-10-8-6-4-2)62-94-78-74(92)71(89)76(66(60-83)96-78)99-80-75(93)72(90)77(67(61-84)97-80)98-79-73(91)70(88)69(87)65(59-82)95-79/h5,7,11,13,17,19,23,25,27-28,47,49,55,57,63-67,69-80,82-85,87-93H,3-4,6,8-10,12,14-16,18,20-22,24,26,29-46,48,50-54,56,58-62H2,1-2H3,(H,81,86)/b7-5-,13-11-,19-17-,25-23-,28-27-,49-47+,57-55+. The zero-order valence-electron chi connectivity index (χ0n) is 61.2. The highest BCUT2D eigenvalue weighted by atomic mass is 16.8. The number of nitrogens with one attached hydrogen (secondary N) is 1. The maximum Gasteiger partial charge on any atom is 0.220 e. The van der Waals surface area contributed by atoms with Crippen molar-refractivity contribution in [2.45, 2.75) is 388 Å². The number of hydrogen-bond donors (Lipinski definition) is 12. The zero-order valence-corrected chi connectivity index (χ0v) is 61.2. The van der Waals surface area contributed by atoms with Gasteiger partial charge >= 0.3 is 0 Å². The minimum atomic E-state index is -1.98. The van der Waals surface area contributed by atoms with E-state index >= 15 is 0 Å². The molecule has 3 rings (SSSR count). The smallest absolute Gasteiger partial charge is 0.220 e. The third kappa shape index (κ3) is 40.7. The van der Waals surface area contributed by atoms with Gasteiger partial charge in [0.1, 0.15) is 73.2 Å². The molecule has 3 saturated heterocycles. The second kappa shape index (κ2) is 60.3. The number of aliphatic hydroxyl groups excluding tert-OH is 11. The van der Waals surface area contributed by atoms with Gasteiger partial charge in [0, 0.05) is 6.42 Å². The first-order valence-electron chi connectivity index (χ1n) is 39.3. The van der Waals surface area contributed by atoms with Crippen LogP contribution < -0.4 is 5.32 Å². The molecule has 0 radical (unpaired) electrons. The van der Waals surface area contributed by atoms with E-state index in [1.54, 1.807) is 6.08 Å². The van der Waals surface area contributed by atoms with Gasteiger partial charge in [0.2, 0.25) is 5.91 Å². The fourth-order valence-corrected chi connectivity index (χ4v) is 12.9. The van der Waals surface area contributed by atoms with Gasteiger partial charge in [-0.25, -0.2) is 0 Å². The van der Waals surface area contributed by atoms with Crippen molar-refractivity contribution in [3.8, 4) is 0 Å². The van der Waals surface area contributed by atoms with Crippen molar-refractivity contribution in [2.24, 2.45) is 0 Å². The van der Waals surface area contributed by atoms with Crippen LogP contribution in [-0.2, 0) is 33.2 Å². The topological polar surface area (TPSA) is 307 Å². The largest absolute Gasteiger partial charge is 0.394 e. The molecule has 0 aliphatic carbocycles. The van der Waals surface area contributed by atoms with E-state index in [0.717, 1.165) is 70.6 Å². The number of unbranched alkanes of at least 4 members (excludes halogenated alkanes) is 33. The lowest BCUT2D eigenvalue weighted by molar-refractivity contribution is -0.379. The Morgan fingerprint density at radius 1 is 0.374 bits per heavy atom. The molecule has 3 heterocycles. The Balaban J connectivity index is 1.37. The fourth-order valence-electron chi connectivity index (χ4n) is 12.9. The molecule has 99 heavy (non-hydrogen) atoms. The van der Waals surface area contributed by atoms with Gasteiger partial charge in [-0.2, -0.15) is 0 Å². The second-order valence-corrected chi connectivity index (χ2v) is 27.8. The molecule has 0 aromatic heterocycles. The van der Waals surface area contributed by atoms with E-state index in [4.69, 9.17) is 28.4 Å². The predicted octanol–water partition coefficient (Wildman–Crippen LogP) is 12.6. The number of aliphatic hydroxyl groups is 11. The molecule has 574 valence electrons. The Bertz CT molecular complexity index is 2120. The van der Waals surface area contributed by atoms with E-state index in [1.807, 2.05) is 6.08 Å². The third-order valence-corrected chi connectivity index (χ3v) is 19.2. The molecule has 0 spiro atoms. The first kappa shape index (κ1) is 90.2. The number of amides is 1. The van der Waals surface area contributed by atoms with E-state index in [-0.39, 0.29) is 18.9 Å². The molecule has 17 atom stereocenters. The number of hydrogen-bond acceptors (Lipinski definition) is 18. The van der Waals surface area contributed by atoms with E-state index in [2.05, 4.69) is 92.1 Å². The van der Waals surface area contributed by atoms with Crippen molar-refractivity contribution in [1.82, 2.24) is 5.32 Å². The Morgan fingerprint density at radius 2 is 0.707 bits per heavy atom. The summed E-state index contributed by atoms with van der Waals surface area (Å²) in [5, 5.41) is 121. The molecule has 3 aliphatic heterocycles. The van der Waals surface area contributed by atoms with Crippen molar-refractivity contribution in [3.05, 3.63) is 85.1 Å². The first-order valence-corrected chi connectivity index (χ1v) is 39.3. The van der Waals surface area contributed by atoms with E-state index in [1.165, 1.54) is 180 Å². The molecule has 19 nitrogen and oxygen atoms in total. The van der Waals surface area contributed by atoms with Crippen molar-refractivity contribution in [2.75, 3.05) is 26.4 Å². The summed E-state index contributed by atoms with van der Waals surface area (Å²) in [6.07, 6.45) is 52.8. The Morgan fingerprint density at radius 3 is 1.13 bits per heavy atom. The van der Waals surface area contributed by atoms with Gasteiger partial charge in [-0.1, -0.05) is 285 Å². The lowest BCUT2D eigenvalue weighted by Crippen LogP contribution is -2.66. The molecule has 0 bridgehead atoms. The molecule has 3 fully saturated rings. The maximum atomic E-state index is 13.5. The molecular weight excluding hydrogens is 1260 g/mol. The van der Waals surface area contributed by atoms with Gasteiger partial charge in [0.05, 0.1) is 38.6 Å². The molecule has 3 aliphatic rings. The second-order valence-electron chi connectivity index (χ2n) is 27.8. The van der Waals surface area contributed by atoms with Crippen molar-refractivity contribution in [3.63, 3.8) is 0 Å². The molecule has 0 saturated carbocycles. The normalized spacial score (nSPS) is 27.1. The Hall–Kier alpha value is -3.03. The molecule has 17 unspecified atom stereocenters. The van der Waals surface area contributed by atoms with Crippen LogP contribution in [0.4, 0.5) is 0 Å². The van der Waals surface area contributed by atoms with Crippen LogP contribution in [0, 0.1) is 0 Å². The summed E-state index contributed by atoms with van der Waals surface area (Å²) in [4.78, 5) is 13.5. The monoisotopic (exact) mass is 1400 g/mol. The number of carbonyl (C=O) groups excluding carboxylic acids is 1. The minimum Gasteiger partial charge on any atom is -0.394 e. The Labute approximate surface area is 597 Å². The maximum absolute atomic E-state index is 13.5. The highest BCUT2D eigenvalue weighted by Gasteiger charge is 2.53. The lowest BCUT2D eigenvalue weighted by atomic mass is 9.96. The third-order valence-electron chi connectivity index (χ3n) is 19.2. The van der Waals surface area contributed by atoms with Crippen LogP contribution in [0.15, 0.2) is 85.1 Å². The Kier molecular flexibility index (Phi) is 54.9. The number of allylic oxidation sites excluding steroid dienone is 13. The van der Waals surface area contributed by atoms with Gasteiger partial charge in [0.15, 0.2) is 18.9 Å². The average molecular weight is 1400 g/mol. The van der Waals surface area contributed by atoms with Gasteiger partial charge in [-0.05, 0) is 77.0 Å². The molecule has 1 amide bonds. The highest BCUT2D eigenvalue weighted by Crippen LogP contribution is 2.33. The number of rotatable bonds is 61. The number of ether oxygens (including phenoxy) is 6. The SMILES string of the molecule is CC/C=C\C/C=C\C/C=C\C/C=C\C/C=C\CCCCCCCCCCCCCCCCCCCC(=O)NC(COC1OC(CO)C(OC2OC(CO)C(OC3OC(CO)C(O)C(O)C3O)C(O)C2O)C(O)C1O)C(O)/C=C/CC/C=C/CCCCCCCCCCCCCCCCC. The summed E-state index contributed by atoms with van der Waals surface area (Å²) in [5.74, 6) is -0.284. The zero-order chi connectivity index (χ0) is 71.8. The average Bonchev–Trinajstić information content (AvgIpc) is 0.761. The molecule has 0 aromatic carbocycles. The van der Waals surface area contributed by atoms with Gasteiger partial charge < -0.3 is 89.9 Å². The first-order chi connectivity index (χ1) is 48.3. The minimum absolute atomic E-state index is 0.233. The van der Waals surface area contributed by atoms with Crippen LogP contribution in [0.2, 0.25) is 0 Å². The van der Waals surface area contributed by atoms with Gasteiger partial charge in [-0.3, -0.25) is 4.79 Å². The van der Waals surface area contributed by atoms with Gasteiger partial charge in [0.25, 0.3) is 0 Å². The van der Waals surface area contributed by atoms with Crippen LogP contribution in [0.3, 0.4) is 0 Å². The van der Waals surface area contributed by atoms with Crippen LogP contribution in [0.1, 0.15) is 284 Å². The summed E-state index contributed by atoms with van der Waals surface area (Å²) in [6, 6.07) is -0.994. The molecule has 12 N–H and O–H groups in total. The molecular formula is C80H141NO18. The quantitative estimate of drug-likeness (QED) is 0.0199. The van der Waals surface area contributed by atoms with Crippen molar-refractivity contribution in [1.29, 1.82) is 0 Å². The van der Waals surface area contributed by atoms with Crippen LogP contribution in [-0.4, -0.2) is 193 Å². The van der Waals surface area contributed by atoms with E-state index < -0.39 is 124 Å². The van der Waals surface area contributed by atoms with Crippen molar-refractivity contribution < 1.29 is 89.4 Å². The van der Waals surface area contributed by atoms with E-state index in [0.29, 0.717) is 12.8 Å². The summed E-state index contributed by atoms with van der Waals surface area (Å²) < 4.78 is 34.4. The summed E-state index contributed by atoms with van der Waals surface area (Å²) in [6.45, 7) is 1.63. The summed E-state index contributed by atoms with van der Waals surface area (Å²) in [7, 11) is 0. The fraction of sp³-hybridized carbons (Fsp3) is 0.812. The number of carbonyl (C=O) groups is 1. The van der Waals surface area contributed by atoms with Crippen LogP contribution >= 0.6 is 0 Å². The van der Waals surface area contributed by atoms with Crippen molar-refractivity contribution >= 4 is 5.91 Å². The van der Waals surface area contributed by atoms with Crippen LogP contribution in [0.5, 0.6) is 0 Å². The molecule has 0 aromatic rings. The van der Waals surface area contributed by atoms with E-state index in [9.17, 15) is 61.0 Å².